The zero-order chi connectivity index (χ0) is 17.1. The zero-order valence-electron chi connectivity index (χ0n) is 14.2. The number of ether oxygens (including phenoxy) is 2. The van der Waals surface area contributed by atoms with Crippen LogP contribution in [-0.4, -0.2) is 48.8 Å². The third-order valence-corrected chi connectivity index (χ3v) is 5.29. The van der Waals surface area contributed by atoms with Crippen LogP contribution in [0.15, 0.2) is 24.3 Å². The molecule has 1 aromatic heterocycles. The largest absolute Gasteiger partial charge is 0.464 e. The number of carbonyl (C=O) groups excluding carboxylic acids is 1. The van der Waals surface area contributed by atoms with Gasteiger partial charge in [0.05, 0.1) is 20.3 Å². The number of rotatable bonds is 4. The van der Waals surface area contributed by atoms with Crippen LogP contribution in [0.3, 0.4) is 0 Å². The van der Waals surface area contributed by atoms with Crippen LogP contribution in [0.25, 0.3) is 10.6 Å². The minimum atomic E-state index is -0.382. The first-order valence-electron chi connectivity index (χ1n) is 8.05. The molecular weight excluding hydrogens is 324 g/mol. The SMILES string of the molecule is COC(=O)c1nc(-c2ccc(CN3CCOC[C@@H]3C)cc2)sc1C. The summed E-state index contributed by atoms with van der Waals surface area (Å²) in [7, 11) is 1.38. The van der Waals surface area contributed by atoms with Gasteiger partial charge >= 0.3 is 5.97 Å². The van der Waals surface area contributed by atoms with Gasteiger partial charge in [0, 0.05) is 29.6 Å². The summed E-state index contributed by atoms with van der Waals surface area (Å²) in [4.78, 5) is 19.4. The first-order valence-corrected chi connectivity index (χ1v) is 8.87. The Labute approximate surface area is 146 Å². The number of morpholine rings is 1. The van der Waals surface area contributed by atoms with Gasteiger partial charge in [-0.15, -0.1) is 11.3 Å². The van der Waals surface area contributed by atoms with Gasteiger partial charge in [0.25, 0.3) is 0 Å². The molecule has 1 fully saturated rings. The number of aryl methyl sites for hydroxylation is 1. The fourth-order valence-electron chi connectivity index (χ4n) is 2.79. The molecule has 0 saturated carbocycles. The molecule has 0 bridgehead atoms. The van der Waals surface area contributed by atoms with Crippen molar-refractivity contribution in [1.82, 2.24) is 9.88 Å². The van der Waals surface area contributed by atoms with E-state index >= 15 is 0 Å². The maximum atomic E-state index is 11.7. The predicted molar refractivity (Wildman–Crippen MR) is 94.3 cm³/mol. The summed E-state index contributed by atoms with van der Waals surface area (Å²) in [6.07, 6.45) is 0. The van der Waals surface area contributed by atoms with Gasteiger partial charge in [-0.3, -0.25) is 4.90 Å². The van der Waals surface area contributed by atoms with Gasteiger partial charge in [0.2, 0.25) is 0 Å². The molecule has 24 heavy (non-hydrogen) atoms. The van der Waals surface area contributed by atoms with Crippen LogP contribution in [0.2, 0.25) is 0 Å². The topological polar surface area (TPSA) is 51.7 Å². The van der Waals surface area contributed by atoms with Crippen LogP contribution < -0.4 is 0 Å². The van der Waals surface area contributed by atoms with E-state index < -0.39 is 0 Å². The number of methoxy groups -OCH3 is 1. The maximum absolute atomic E-state index is 11.7. The molecule has 0 aliphatic carbocycles. The Morgan fingerprint density at radius 2 is 2.17 bits per heavy atom. The summed E-state index contributed by atoms with van der Waals surface area (Å²) < 4.78 is 10.3. The summed E-state index contributed by atoms with van der Waals surface area (Å²) >= 11 is 1.51. The Kier molecular flexibility index (Phi) is 5.28. The third-order valence-electron chi connectivity index (χ3n) is 4.27. The van der Waals surface area contributed by atoms with Gasteiger partial charge in [-0.1, -0.05) is 24.3 Å². The summed E-state index contributed by atoms with van der Waals surface area (Å²) in [6.45, 7) is 7.58. The van der Waals surface area contributed by atoms with Gasteiger partial charge in [-0.25, -0.2) is 9.78 Å². The van der Waals surface area contributed by atoms with Crippen LogP contribution in [0, 0.1) is 6.92 Å². The van der Waals surface area contributed by atoms with Crippen LogP contribution in [0.5, 0.6) is 0 Å². The molecule has 1 saturated heterocycles. The second kappa shape index (κ2) is 7.42. The molecule has 2 heterocycles. The average Bonchev–Trinajstić information content (AvgIpc) is 2.99. The van der Waals surface area contributed by atoms with Gasteiger partial charge in [-0.2, -0.15) is 0 Å². The second-order valence-corrected chi connectivity index (χ2v) is 7.21. The van der Waals surface area contributed by atoms with Gasteiger partial charge in [-0.05, 0) is 19.4 Å². The van der Waals surface area contributed by atoms with E-state index in [9.17, 15) is 4.79 Å². The number of hydrogen-bond donors (Lipinski definition) is 0. The number of hydrogen-bond acceptors (Lipinski definition) is 6. The Balaban J connectivity index is 1.73. The van der Waals surface area contributed by atoms with Crippen LogP contribution in [0.1, 0.15) is 27.9 Å². The van der Waals surface area contributed by atoms with E-state index in [0.717, 1.165) is 41.8 Å². The summed E-state index contributed by atoms with van der Waals surface area (Å²) in [5.74, 6) is -0.382. The minimum absolute atomic E-state index is 0.382. The summed E-state index contributed by atoms with van der Waals surface area (Å²) in [5.41, 5.74) is 2.70. The van der Waals surface area contributed by atoms with E-state index in [1.807, 2.05) is 6.92 Å². The Morgan fingerprint density at radius 3 is 2.83 bits per heavy atom. The van der Waals surface area contributed by atoms with Gasteiger partial charge in [0.1, 0.15) is 5.01 Å². The molecule has 0 spiro atoms. The lowest BCUT2D eigenvalue weighted by Crippen LogP contribution is -2.42. The zero-order valence-corrected chi connectivity index (χ0v) is 15.1. The molecule has 0 unspecified atom stereocenters. The Morgan fingerprint density at radius 1 is 1.42 bits per heavy atom. The van der Waals surface area contributed by atoms with Crippen molar-refractivity contribution in [1.29, 1.82) is 0 Å². The fourth-order valence-corrected chi connectivity index (χ4v) is 3.70. The number of esters is 1. The molecule has 6 heteroatoms. The van der Waals surface area contributed by atoms with E-state index in [1.54, 1.807) is 0 Å². The van der Waals surface area contributed by atoms with Crippen LogP contribution in [-0.2, 0) is 16.0 Å². The molecule has 0 radical (unpaired) electrons. The second-order valence-electron chi connectivity index (χ2n) is 6.01. The fraction of sp³-hybridized carbons (Fsp3) is 0.444. The summed E-state index contributed by atoms with van der Waals surface area (Å²) in [6, 6.07) is 8.85. The van der Waals surface area contributed by atoms with Gasteiger partial charge in [0.15, 0.2) is 5.69 Å². The molecule has 0 amide bonds. The number of aromatic nitrogens is 1. The van der Waals surface area contributed by atoms with Crippen molar-refractivity contribution in [3.63, 3.8) is 0 Å². The van der Waals surface area contributed by atoms with E-state index in [0.29, 0.717) is 11.7 Å². The molecular formula is C18H22N2O3S. The summed E-state index contributed by atoms with van der Waals surface area (Å²) in [5, 5.41) is 0.846. The van der Waals surface area contributed by atoms with E-state index in [-0.39, 0.29) is 5.97 Å². The van der Waals surface area contributed by atoms with Gasteiger partial charge < -0.3 is 9.47 Å². The highest BCUT2D eigenvalue weighted by Crippen LogP contribution is 2.28. The van der Waals surface area contributed by atoms with Crippen molar-refractivity contribution < 1.29 is 14.3 Å². The number of benzene rings is 1. The van der Waals surface area contributed by atoms with Crippen molar-refractivity contribution >= 4 is 17.3 Å². The molecule has 1 aromatic carbocycles. The Bertz CT molecular complexity index is 712. The molecule has 1 atom stereocenters. The quantitative estimate of drug-likeness (QED) is 0.796. The highest BCUT2D eigenvalue weighted by atomic mass is 32.1. The van der Waals surface area contributed by atoms with Crippen molar-refractivity contribution in [3.05, 3.63) is 40.4 Å². The lowest BCUT2D eigenvalue weighted by Gasteiger charge is -2.33. The van der Waals surface area contributed by atoms with Crippen molar-refractivity contribution in [2.24, 2.45) is 0 Å². The third kappa shape index (κ3) is 3.66. The van der Waals surface area contributed by atoms with E-state index in [1.165, 1.54) is 24.0 Å². The number of thiazole rings is 1. The standard InChI is InChI=1S/C18H22N2O3S/c1-12-11-23-9-8-20(12)10-14-4-6-15(7-5-14)17-19-16(13(2)24-17)18(21)22-3/h4-7,12H,8-11H2,1-3H3/t12-/m0/s1. The number of carbonyl (C=O) groups is 1. The molecule has 1 aliphatic rings. The monoisotopic (exact) mass is 346 g/mol. The first-order chi connectivity index (χ1) is 11.6. The predicted octanol–water partition coefficient (Wildman–Crippen LogP) is 3.13. The molecule has 3 rings (SSSR count). The van der Waals surface area contributed by atoms with Crippen molar-refractivity contribution in [2.75, 3.05) is 26.9 Å². The van der Waals surface area contributed by atoms with E-state index in [4.69, 9.17) is 9.47 Å². The number of nitrogens with zero attached hydrogens (tertiary/aromatic N) is 2. The first kappa shape index (κ1) is 17.1. The molecule has 0 N–H and O–H groups in total. The van der Waals surface area contributed by atoms with Crippen molar-refractivity contribution in [3.8, 4) is 10.6 Å². The Hall–Kier alpha value is -1.76. The molecule has 2 aromatic rings. The lowest BCUT2D eigenvalue weighted by molar-refractivity contribution is -0.00436. The van der Waals surface area contributed by atoms with Crippen LogP contribution >= 0.6 is 11.3 Å². The molecule has 128 valence electrons. The highest BCUT2D eigenvalue weighted by Gasteiger charge is 2.19. The lowest BCUT2D eigenvalue weighted by atomic mass is 10.1. The van der Waals surface area contributed by atoms with Crippen molar-refractivity contribution in [2.45, 2.75) is 26.4 Å². The highest BCUT2D eigenvalue weighted by molar-refractivity contribution is 7.15. The normalized spacial score (nSPS) is 18.5. The molecule has 1 aliphatic heterocycles. The smallest absolute Gasteiger partial charge is 0.357 e. The van der Waals surface area contributed by atoms with Crippen LogP contribution in [0.4, 0.5) is 0 Å². The maximum Gasteiger partial charge on any atom is 0.357 e. The van der Waals surface area contributed by atoms with E-state index in [2.05, 4.69) is 41.1 Å². The molecule has 5 nitrogen and oxygen atoms in total. The minimum Gasteiger partial charge on any atom is -0.464 e. The average molecular weight is 346 g/mol.